The van der Waals surface area contributed by atoms with Crippen LogP contribution >= 0.6 is 0 Å². The zero-order valence-corrected chi connectivity index (χ0v) is 19.5. The third-order valence-electron chi connectivity index (χ3n) is 7.29. The number of benzene rings is 3. The van der Waals surface area contributed by atoms with Gasteiger partial charge in [0.15, 0.2) is 0 Å². The average molecular weight is 461 g/mol. The molecule has 2 aliphatic rings. The van der Waals surface area contributed by atoms with E-state index in [2.05, 4.69) is 18.2 Å². The maximum atomic E-state index is 14.4. The van der Waals surface area contributed by atoms with Crippen molar-refractivity contribution in [3.05, 3.63) is 88.7 Å². The lowest BCUT2D eigenvalue weighted by Gasteiger charge is -2.28. The van der Waals surface area contributed by atoms with Gasteiger partial charge in [-0.05, 0) is 70.7 Å². The number of rotatable bonds is 7. The van der Waals surface area contributed by atoms with Gasteiger partial charge in [0, 0.05) is 12.0 Å². The van der Waals surface area contributed by atoms with Crippen LogP contribution < -0.4 is 4.74 Å². The fourth-order valence-corrected chi connectivity index (χ4v) is 5.16. The zero-order chi connectivity index (χ0) is 23.8. The van der Waals surface area contributed by atoms with Crippen LogP contribution in [0.1, 0.15) is 54.0 Å². The van der Waals surface area contributed by atoms with Crippen molar-refractivity contribution in [2.45, 2.75) is 44.8 Å². The third-order valence-corrected chi connectivity index (χ3v) is 7.29. The van der Waals surface area contributed by atoms with Gasteiger partial charge < -0.3 is 14.6 Å². The van der Waals surface area contributed by atoms with E-state index >= 15 is 0 Å². The number of halogens is 1. The Morgan fingerprint density at radius 3 is 2.50 bits per heavy atom. The van der Waals surface area contributed by atoms with Crippen molar-refractivity contribution in [3.63, 3.8) is 0 Å². The van der Waals surface area contributed by atoms with Gasteiger partial charge in [0.05, 0.1) is 25.7 Å². The van der Waals surface area contributed by atoms with Gasteiger partial charge in [0.2, 0.25) is 0 Å². The molecule has 3 aromatic rings. The number of hydrogen-bond acceptors (Lipinski definition) is 3. The van der Waals surface area contributed by atoms with Crippen LogP contribution in [0.15, 0.2) is 60.7 Å². The fraction of sp³-hybridized carbons (Fsp3) is 0.345. The Morgan fingerprint density at radius 2 is 1.82 bits per heavy atom. The van der Waals surface area contributed by atoms with Gasteiger partial charge in [-0.2, -0.15) is 0 Å². The summed E-state index contributed by atoms with van der Waals surface area (Å²) >= 11 is 0. The highest BCUT2D eigenvalue weighted by Crippen LogP contribution is 2.47. The van der Waals surface area contributed by atoms with E-state index in [1.54, 1.807) is 19.2 Å². The van der Waals surface area contributed by atoms with E-state index in [9.17, 15) is 14.3 Å². The molecule has 5 rings (SSSR count). The molecule has 1 aliphatic heterocycles. The first-order valence-electron chi connectivity index (χ1n) is 11.8. The van der Waals surface area contributed by atoms with Crippen molar-refractivity contribution in [2.24, 2.45) is 11.8 Å². The summed E-state index contributed by atoms with van der Waals surface area (Å²) in [5.74, 6) is -0.283. The standard InChI is InChI=1S/C29H29FO4/c1-17(29(31)32)28(20-7-8-20)21-9-10-22-16-34-27(14-23(22)13-21)19-5-3-18(4-6-19)25-15-24(33-2)11-12-26(25)30/h3-6,9-13,15,17,20,27-28H,7-8,14,16H2,1-2H3,(H,31,32)/t17-,27+,28?/m0/s1. The van der Waals surface area contributed by atoms with Gasteiger partial charge in [-0.3, -0.25) is 4.79 Å². The zero-order valence-electron chi connectivity index (χ0n) is 19.5. The van der Waals surface area contributed by atoms with Crippen LogP contribution in [0, 0.1) is 17.7 Å². The number of hydrogen-bond donors (Lipinski definition) is 1. The summed E-state index contributed by atoms with van der Waals surface area (Å²) in [4.78, 5) is 11.7. The minimum absolute atomic E-state index is 0.0566. The summed E-state index contributed by atoms with van der Waals surface area (Å²) in [6, 6.07) is 18.9. The molecule has 0 spiro atoms. The van der Waals surface area contributed by atoms with E-state index in [1.165, 1.54) is 11.6 Å². The van der Waals surface area contributed by atoms with Gasteiger partial charge in [0.1, 0.15) is 11.6 Å². The molecule has 3 aromatic carbocycles. The molecule has 1 fully saturated rings. The Balaban J connectivity index is 1.37. The van der Waals surface area contributed by atoms with Crippen LogP contribution in [-0.2, 0) is 22.6 Å². The lowest BCUT2D eigenvalue weighted by Crippen LogP contribution is -2.22. The molecule has 1 N–H and O–H groups in total. The van der Waals surface area contributed by atoms with Crippen LogP contribution in [0.3, 0.4) is 0 Å². The topological polar surface area (TPSA) is 55.8 Å². The summed E-state index contributed by atoms with van der Waals surface area (Å²) in [6.45, 7) is 2.35. The number of methoxy groups -OCH3 is 1. The second kappa shape index (κ2) is 9.22. The first-order chi connectivity index (χ1) is 16.4. The molecule has 1 aliphatic carbocycles. The van der Waals surface area contributed by atoms with Crippen molar-refractivity contribution in [1.29, 1.82) is 0 Å². The average Bonchev–Trinajstić information content (AvgIpc) is 3.69. The molecule has 1 unspecified atom stereocenters. The van der Waals surface area contributed by atoms with Crippen molar-refractivity contribution in [1.82, 2.24) is 0 Å². The summed E-state index contributed by atoms with van der Waals surface area (Å²) in [6.07, 6.45) is 2.84. The molecular weight excluding hydrogens is 431 g/mol. The minimum atomic E-state index is -0.733. The predicted octanol–water partition coefficient (Wildman–Crippen LogP) is 6.53. The summed E-state index contributed by atoms with van der Waals surface area (Å²) < 4.78 is 25.8. The molecule has 0 saturated heterocycles. The molecule has 3 atom stereocenters. The monoisotopic (exact) mass is 460 g/mol. The van der Waals surface area contributed by atoms with Gasteiger partial charge in [0.25, 0.3) is 0 Å². The predicted molar refractivity (Wildman–Crippen MR) is 128 cm³/mol. The summed E-state index contributed by atoms with van der Waals surface area (Å²) in [5.41, 5.74) is 5.84. The summed E-state index contributed by atoms with van der Waals surface area (Å²) in [5, 5.41) is 9.62. The van der Waals surface area contributed by atoms with Crippen LogP contribution in [0.5, 0.6) is 5.75 Å². The first-order valence-corrected chi connectivity index (χ1v) is 11.8. The molecule has 34 heavy (non-hydrogen) atoms. The molecule has 5 heteroatoms. The molecule has 0 amide bonds. The highest BCUT2D eigenvalue weighted by Gasteiger charge is 2.39. The Hall–Kier alpha value is -3.18. The molecule has 176 valence electrons. The smallest absolute Gasteiger partial charge is 0.306 e. The van der Waals surface area contributed by atoms with E-state index in [-0.39, 0.29) is 17.8 Å². The largest absolute Gasteiger partial charge is 0.497 e. The fourth-order valence-electron chi connectivity index (χ4n) is 5.16. The van der Waals surface area contributed by atoms with E-state index in [0.29, 0.717) is 23.8 Å². The van der Waals surface area contributed by atoms with E-state index in [1.807, 2.05) is 31.2 Å². The van der Waals surface area contributed by atoms with Crippen molar-refractivity contribution in [3.8, 4) is 16.9 Å². The van der Waals surface area contributed by atoms with Crippen LogP contribution in [-0.4, -0.2) is 18.2 Å². The summed E-state index contributed by atoms with van der Waals surface area (Å²) in [7, 11) is 1.57. The van der Waals surface area contributed by atoms with Gasteiger partial charge in [-0.25, -0.2) is 4.39 Å². The highest BCUT2D eigenvalue weighted by molar-refractivity contribution is 5.71. The number of carbonyl (C=O) groups is 1. The van der Waals surface area contributed by atoms with Crippen LogP contribution in [0.4, 0.5) is 4.39 Å². The van der Waals surface area contributed by atoms with Crippen LogP contribution in [0.2, 0.25) is 0 Å². The Bertz CT molecular complexity index is 1200. The van der Waals surface area contributed by atoms with Crippen molar-refractivity contribution >= 4 is 5.97 Å². The molecule has 1 heterocycles. The number of ether oxygens (including phenoxy) is 2. The van der Waals surface area contributed by atoms with Crippen LogP contribution in [0.25, 0.3) is 11.1 Å². The highest BCUT2D eigenvalue weighted by atomic mass is 19.1. The second-order valence-electron chi connectivity index (χ2n) is 9.49. The second-order valence-corrected chi connectivity index (χ2v) is 9.49. The number of fused-ring (bicyclic) bond motifs is 1. The number of carboxylic acid groups (broad SMARTS) is 1. The maximum Gasteiger partial charge on any atom is 0.306 e. The SMILES string of the molecule is COc1ccc(F)c(-c2ccc([C@H]3Cc4cc(C(C5CC5)[C@H](C)C(=O)O)ccc4CO3)cc2)c1. The molecule has 0 bridgehead atoms. The molecule has 1 saturated carbocycles. The third kappa shape index (κ3) is 4.45. The molecular formula is C29H29FO4. The lowest BCUT2D eigenvalue weighted by atomic mass is 9.81. The lowest BCUT2D eigenvalue weighted by molar-refractivity contribution is -0.142. The normalized spacial score (nSPS) is 19.2. The van der Waals surface area contributed by atoms with Crippen molar-refractivity contribution in [2.75, 3.05) is 7.11 Å². The van der Waals surface area contributed by atoms with Crippen molar-refractivity contribution < 1.29 is 23.8 Å². The minimum Gasteiger partial charge on any atom is -0.497 e. The van der Waals surface area contributed by atoms with E-state index < -0.39 is 11.9 Å². The van der Waals surface area contributed by atoms with Gasteiger partial charge in [-0.1, -0.05) is 49.4 Å². The first kappa shape index (κ1) is 22.6. The number of carboxylic acids is 1. The quantitative estimate of drug-likeness (QED) is 0.436. The maximum absolute atomic E-state index is 14.4. The van der Waals surface area contributed by atoms with E-state index in [0.717, 1.165) is 41.5 Å². The molecule has 4 nitrogen and oxygen atoms in total. The van der Waals surface area contributed by atoms with Gasteiger partial charge >= 0.3 is 5.97 Å². The Kier molecular flexibility index (Phi) is 6.13. The Morgan fingerprint density at radius 1 is 1.06 bits per heavy atom. The molecule has 0 radical (unpaired) electrons. The van der Waals surface area contributed by atoms with E-state index in [4.69, 9.17) is 9.47 Å². The number of aliphatic carboxylic acids is 1. The Labute approximate surface area is 199 Å². The molecule has 0 aromatic heterocycles. The van der Waals surface area contributed by atoms with Gasteiger partial charge in [-0.15, -0.1) is 0 Å².